The number of thioether (sulfide) groups is 1. The van der Waals surface area contributed by atoms with Gasteiger partial charge in [-0.2, -0.15) is 8.78 Å². The molecule has 1 aromatic heterocycles. The van der Waals surface area contributed by atoms with E-state index in [0.29, 0.717) is 27.4 Å². The van der Waals surface area contributed by atoms with Crippen LogP contribution in [0.3, 0.4) is 0 Å². The summed E-state index contributed by atoms with van der Waals surface area (Å²) in [7, 11) is 0. The van der Waals surface area contributed by atoms with Gasteiger partial charge in [-0.25, -0.2) is 0 Å². The molecule has 0 amide bonds. The predicted octanol–water partition coefficient (Wildman–Crippen LogP) is 5.26. The number of aromatic nitrogens is 2. The van der Waals surface area contributed by atoms with Gasteiger partial charge in [0.15, 0.2) is 10.1 Å². The standard InChI is InChI=1S/C19H17F2N3O3S2/c1-2-26-16-6-4-3-5-14(16)22-18-23-24-19(29-18)28-11-15(25)12-7-9-13(10-8-12)27-17(20)21/h3-10,17H,2,11H2,1H3,(H,22,23). The number of anilines is 2. The van der Waals surface area contributed by atoms with E-state index in [-0.39, 0.29) is 17.3 Å². The summed E-state index contributed by atoms with van der Waals surface area (Å²) in [6, 6.07) is 13.1. The average Bonchev–Trinajstić information content (AvgIpc) is 3.15. The van der Waals surface area contributed by atoms with E-state index in [9.17, 15) is 13.6 Å². The molecule has 152 valence electrons. The van der Waals surface area contributed by atoms with Crippen LogP contribution < -0.4 is 14.8 Å². The highest BCUT2D eigenvalue weighted by Crippen LogP contribution is 2.32. The molecule has 0 fully saturated rings. The van der Waals surface area contributed by atoms with Gasteiger partial charge in [-0.15, -0.1) is 10.2 Å². The quantitative estimate of drug-likeness (QED) is 0.343. The molecule has 3 rings (SSSR count). The Morgan fingerprint density at radius 2 is 1.93 bits per heavy atom. The number of alkyl halides is 2. The first-order chi connectivity index (χ1) is 14.0. The van der Waals surface area contributed by atoms with Crippen LogP contribution in [0, 0.1) is 0 Å². The number of para-hydroxylation sites is 2. The lowest BCUT2D eigenvalue weighted by atomic mass is 10.1. The number of nitrogens with zero attached hydrogens (tertiary/aromatic N) is 2. The Morgan fingerprint density at radius 1 is 1.17 bits per heavy atom. The van der Waals surface area contributed by atoms with Crippen LogP contribution in [-0.2, 0) is 0 Å². The third-order valence-electron chi connectivity index (χ3n) is 3.56. The number of carbonyl (C=O) groups is 1. The van der Waals surface area contributed by atoms with E-state index in [0.717, 1.165) is 5.69 Å². The average molecular weight is 437 g/mol. The van der Waals surface area contributed by atoms with E-state index in [1.807, 2.05) is 31.2 Å². The van der Waals surface area contributed by atoms with Gasteiger partial charge in [0, 0.05) is 5.56 Å². The van der Waals surface area contributed by atoms with E-state index in [2.05, 4.69) is 20.3 Å². The Kier molecular flexibility index (Phi) is 7.36. The molecule has 3 aromatic rings. The van der Waals surface area contributed by atoms with E-state index >= 15 is 0 Å². The highest BCUT2D eigenvalue weighted by atomic mass is 32.2. The van der Waals surface area contributed by atoms with Gasteiger partial charge in [0.05, 0.1) is 18.0 Å². The minimum absolute atomic E-state index is 0.0105. The Morgan fingerprint density at radius 3 is 2.66 bits per heavy atom. The molecule has 2 aromatic carbocycles. The first-order valence-electron chi connectivity index (χ1n) is 8.58. The van der Waals surface area contributed by atoms with E-state index in [4.69, 9.17) is 4.74 Å². The lowest BCUT2D eigenvalue weighted by Crippen LogP contribution is -2.04. The third-order valence-corrected chi connectivity index (χ3v) is 5.54. The molecule has 0 saturated heterocycles. The Balaban J connectivity index is 1.56. The van der Waals surface area contributed by atoms with Crippen molar-refractivity contribution in [2.24, 2.45) is 0 Å². The first-order valence-corrected chi connectivity index (χ1v) is 10.4. The minimum Gasteiger partial charge on any atom is -0.492 e. The summed E-state index contributed by atoms with van der Waals surface area (Å²) >= 11 is 2.58. The molecule has 10 heteroatoms. The minimum atomic E-state index is -2.90. The summed E-state index contributed by atoms with van der Waals surface area (Å²) in [6.07, 6.45) is 0. The van der Waals surface area contributed by atoms with E-state index < -0.39 is 6.61 Å². The fourth-order valence-corrected chi connectivity index (χ4v) is 3.98. The van der Waals surface area contributed by atoms with Crippen molar-refractivity contribution in [3.63, 3.8) is 0 Å². The molecule has 0 unspecified atom stereocenters. The maximum absolute atomic E-state index is 12.3. The fraction of sp³-hybridized carbons (Fsp3) is 0.211. The number of halogens is 2. The summed E-state index contributed by atoms with van der Waals surface area (Å²) in [6.45, 7) is -0.437. The van der Waals surface area contributed by atoms with Crippen molar-refractivity contribution < 1.29 is 23.0 Å². The molecule has 0 bridgehead atoms. The van der Waals surface area contributed by atoms with Crippen LogP contribution in [0.4, 0.5) is 19.6 Å². The van der Waals surface area contributed by atoms with Crippen LogP contribution >= 0.6 is 23.1 Å². The summed E-state index contributed by atoms with van der Waals surface area (Å²) in [5.74, 6) is 0.731. The highest BCUT2D eigenvalue weighted by molar-refractivity contribution is 8.01. The number of hydrogen-bond donors (Lipinski definition) is 1. The van der Waals surface area contributed by atoms with Gasteiger partial charge in [0.1, 0.15) is 11.5 Å². The number of benzene rings is 2. The second-order valence-corrected chi connectivity index (χ2v) is 7.74. The Bertz CT molecular complexity index is 952. The van der Waals surface area contributed by atoms with Crippen LogP contribution in [0.25, 0.3) is 0 Å². The summed E-state index contributed by atoms with van der Waals surface area (Å²) in [5.41, 5.74) is 1.19. The van der Waals surface area contributed by atoms with Crippen molar-refractivity contribution in [1.82, 2.24) is 10.2 Å². The van der Waals surface area contributed by atoms with Crippen LogP contribution in [0.2, 0.25) is 0 Å². The van der Waals surface area contributed by atoms with Crippen LogP contribution in [-0.4, -0.2) is 35.0 Å². The number of nitrogens with one attached hydrogen (secondary N) is 1. The first kappa shape index (κ1) is 21.0. The molecule has 0 radical (unpaired) electrons. The zero-order chi connectivity index (χ0) is 20.6. The zero-order valence-corrected chi connectivity index (χ0v) is 16.9. The largest absolute Gasteiger partial charge is 0.492 e. The van der Waals surface area contributed by atoms with Crippen LogP contribution in [0.15, 0.2) is 52.9 Å². The molecule has 29 heavy (non-hydrogen) atoms. The second-order valence-electron chi connectivity index (χ2n) is 5.54. The smallest absolute Gasteiger partial charge is 0.387 e. The SMILES string of the molecule is CCOc1ccccc1Nc1nnc(SCC(=O)c2ccc(OC(F)F)cc2)s1. The molecule has 1 N–H and O–H groups in total. The van der Waals surface area contributed by atoms with Crippen LogP contribution in [0.1, 0.15) is 17.3 Å². The monoisotopic (exact) mass is 437 g/mol. The highest BCUT2D eigenvalue weighted by Gasteiger charge is 2.12. The van der Waals surface area contributed by atoms with Gasteiger partial charge >= 0.3 is 6.61 Å². The number of rotatable bonds is 10. The third kappa shape index (κ3) is 6.13. The molecule has 0 saturated carbocycles. The Hall–Kier alpha value is -2.72. The number of Topliss-reactive ketones (excluding diaryl/α,β-unsaturated/α-hetero) is 1. The van der Waals surface area contributed by atoms with E-state index in [1.165, 1.54) is 47.4 Å². The maximum atomic E-state index is 12.3. The number of hydrogen-bond acceptors (Lipinski definition) is 8. The molecule has 1 heterocycles. The van der Waals surface area contributed by atoms with Gasteiger partial charge in [0.2, 0.25) is 5.13 Å². The predicted molar refractivity (Wildman–Crippen MR) is 109 cm³/mol. The molecule has 0 aliphatic heterocycles. The van der Waals surface area contributed by atoms with Gasteiger partial charge in [-0.1, -0.05) is 35.2 Å². The van der Waals surface area contributed by atoms with E-state index in [1.54, 1.807) is 0 Å². The molecule has 0 aliphatic carbocycles. The lowest BCUT2D eigenvalue weighted by molar-refractivity contribution is -0.0498. The van der Waals surface area contributed by atoms with Crippen molar-refractivity contribution in [2.75, 3.05) is 17.7 Å². The molecular weight excluding hydrogens is 420 g/mol. The lowest BCUT2D eigenvalue weighted by Gasteiger charge is -2.09. The fourth-order valence-electron chi connectivity index (χ4n) is 2.32. The van der Waals surface area contributed by atoms with Gasteiger partial charge in [0.25, 0.3) is 0 Å². The summed E-state index contributed by atoms with van der Waals surface area (Å²) in [5, 5.41) is 11.9. The number of carbonyl (C=O) groups excluding carboxylic acids is 1. The Labute approximate surface area is 174 Å². The van der Waals surface area contributed by atoms with Gasteiger partial charge in [-0.05, 0) is 43.3 Å². The zero-order valence-electron chi connectivity index (χ0n) is 15.3. The summed E-state index contributed by atoms with van der Waals surface area (Å²) < 4.78 is 34.8. The van der Waals surface area contributed by atoms with Crippen LogP contribution in [0.5, 0.6) is 11.5 Å². The maximum Gasteiger partial charge on any atom is 0.387 e. The topological polar surface area (TPSA) is 73.3 Å². The molecule has 6 nitrogen and oxygen atoms in total. The second kappa shape index (κ2) is 10.2. The van der Waals surface area contributed by atoms with Gasteiger partial charge < -0.3 is 14.8 Å². The van der Waals surface area contributed by atoms with Crippen molar-refractivity contribution in [1.29, 1.82) is 0 Å². The van der Waals surface area contributed by atoms with Crippen molar-refractivity contribution in [3.8, 4) is 11.5 Å². The molecular formula is C19H17F2N3O3S2. The van der Waals surface area contributed by atoms with Crippen molar-refractivity contribution >= 4 is 39.7 Å². The van der Waals surface area contributed by atoms with Gasteiger partial charge in [-0.3, -0.25) is 4.79 Å². The molecule has 0 spiro atoms. The summed E-state index contributed by atoms with van der Waals surface area (Å²) in [4.78, 5) is 12.3. The number of ether oxygens (including phenoxy) is 2. The van der Waals surface area contributed by atoms with Crippen molar-refractivity contribution in [3.05, 3.63) is 54.1 Å². The molecule has 0 atom stereocenters. The molecule has 0 aliphatic rings. The number of ketones is 1. The normalized spacial score (nSPS) is 10.8. The van der Waals surface area contributed by atoms with Crippen molar-refractivity contribution in [2.45, 2.75) is 17.9 Å².